The first kappa shape index (κ1) is 50.1. The number of ether oxygens (including phenoxy) is 3. The molecule has 1 aromatic carbocycles. The summed E-state index contributed by atoms with van der Waals surface area (Å²) < 4.78 is 17.3. The Morgan fingerprint density at radius 1 is 0.636 bits per heavy atom. The molecule has 0 radical (unpaired) electrons. The van der Waals surface area contributed by atoms with Crippen LogP contribution in [0.5, 0.6) is 0 Å². The first-order chi connectivity index (χ1) is 31.4. The zero-order valence-corrected chi connectivity index (χ0v) is 39.8. The summed E-state index contributed by atoms with van der Waals surface area (Å²) in [6.45, 7) is 11.8. The fourth-order valence-corrected chi connectivity index (χ4v) is 9.12. The number of nitrogens with zero attached hydrogens (tertiary/aromatic N) is 3. The molecule has 7 rings (SSSR count). The van der Waals surface area contributed by atoms with Gasteiger partial charge in [-0.25, -0.2) is 14.4 Å². The Morgan fingerprint density at radius 3 is 1.50 bits per heavy atom. The van der Waals surface area contributed by atoms with E-state index in [9.17, 15) is 28.8 Å². The molecule has 20 heteroatoms. The second-order valence-corrected chi connectivity index (χ2v) is 18.0. The number of carbonyl (C=O) groups excluding carboxylic acids is 5. The minimum Gasteiger partial charge on any atom is -0.477 e. The van der Waals surface area contributed by atoms with Crippen LogP contribution >= 0.6 is 34.0 Å². The summed E-state index contributed by atoms with van der Waals surface area (Å²) in [5.74, 6) is -2.77. The SMILES string of the molecule is COC(=O)[C@@H](CNC(=O)c1cc2ncc(C)c(C)c2s1)NC(=O)OCc1ccccc1.COC(=O)[C@H](N)CNC(=O)c1cc2ncc(C)c(C)c2s1.Cc1cnc2cc(C(=O)O)sc2c1C. The third-order valence-electron chi connectivity index (χ3n) is 10.2. The molecular formula is C46H49N7O10S3. The van der Waals surface area contributed by atoms with Crippen molar-refractivity contribution in [3.05, 3.63) is 121 Å². The summed E-state index contributed by atoms with van der Waals surface area (Å²) in [6, 6.07) is 12.3. The lowest BCUT2D eigenvalue weighted by Gasteiger charge is -2.17. The van der Waals surface area contributed by atoms with Crippen LogP contribution in [0.1, 0.15) is 68.0 Å². The van der Waals surface area contributed by atoms with E-state index in [1.54, 1.807) is 36.8 Å². The maximum atomic E-state index is 12.6. The molecule has 0 aliphatic heterocycles. The Balaban J connectivity index is 0.000000201. The standard InChI is InChI=1S/C22H23N3O5S.C14H17N3O3S.C10H9NO2S/c1-13-10-23-16-9-18(31-19(16)14(13)2)20(26)24-11-17(21(27)29-3)25-22(28)30-12-15-7-5-4-6-8-15;1-7-5-16-10-4-11(21-12(10)8(7)2)13(18)17-6-9(15)14(19)20-3;1-5-4-11-7-3-8(10(12)13)14-9(7)6(5)2/h4-10,17H,11-12H2,1-3H3,(H,24,26)(H,25,28);4-5,9H,6,15H2,1-3H3,(H,17,18);3-4H,1-2H3,(H,12,13)/t17-;9-;/m11./s1. The van der Waals surface area contributed by atoms with Crippen molar-refractivity contribution in [3.63, 3.8) is 0 Å². The number of amides is 3. The van der Waals surface area contributed by atoms with Crippen molar-refractivity contribution < 1.29 is 48.1 Å². The van der Waals surface area contributed by atoms with E-state index in [4.69, 9.17) is 20.3 Å². The van der Waals surface area contributed by atoms with Crippen molar-refractivity contribution in [2.75, 3.05) is 27.3 Å². The van der Waals surface area contributed by atoms with Gasteiger partial charge in [0.25, 0.3) is 11.8 Å². The molecule has 0 saturated heterocycles. The van der Waals surface area contributed by atoms with Crippen molar-refractivity contribution >= 4 is 100 Å². The topological polar surface area (TPSA) is 251 Å². The summed E-state index contributed by atoms with van der Waals surface area (Å²) in [5.41, 5.74) is 15.2. The van der Waals surface area contributed by atoms with Crippen LogP contribution in [0.3, 0.4) is 0 Å². The summed E-state index contributed by atoms with van der Waals surface area (Å²) in [7, 11) is 2.46. The molecule has 6 N–H and O–H groups in total. The lowest BCUT2D eigenvalue weighted by atomic mass is 10.2. The highest BCUT2D eigenvalue weighted by Gasteiger charge is 2.24. The number of carboxylic acids is 1. The third-order valence-corrected chi connectivity index (χ3v) is 13.9. The molecule has 0 fully saturated rings. The van der Waals surface area contributed by atoms with Gasteiger partial charge in [-0.1, -0.05) is 30.3 Å². The molecule has 6 heterocycles. The zero-order chi connectivity index (χ0) is 48.2. The molecule has 346 valence electrons. The number of hydrogen-bond donors (Lipinski definition) is 5. The van der Waals surface area contributed by atoms with Gasteiger partial charge in [0.1, 0.15) is 23.6 Å². The smallest absolute Gasteiger partial charge is 0.408 e. The minimum absolute atomic E-state index is 0.0329. The van der Waals surface area contributed by atoms with E-state index in [1.807, 2.05) is 71.9 Å². The van der Waals surface area contributed by atoms with Crippen LogP contribution in [-0.2, 0) is 30.4 Å². The number of esters is 2. The van der Waals surface area contributed by atoms with Crippen molar-refractivity contribution in [1.82, 2.24) is 30.9 Å². The number of aromatic carboxylic acids is 1. The monoisotopic (exact) mass is 955 g/mol. The number of pyridine rings is 3. The molecule has 17 nitrogen and oxygen atoms in total. The van der Waals surface area contributed by atoms with E-state index in [0.717, 1.165) is 69.6 Å². The molecule has 0 aliphatic carbocycles. The number of thiophene rings is 3. The lowest BCUT2D eigenvalue weighted by Crippen LogP contribution is -2.49. The molecule has 0 spiro atoms. The van der Waals surface area contributed by atoms with E-state index in [2.05, 4.69) is 35.6 Å². The van der Waals surface area contributed by atoms with E-state index in [-0.39, 0.29) is 31.5 Å². The number of nitrogens with two attached hydrogens (primary N) is 1. The van der Waals surface area contributed by atoms with Crippen molar-refractivity contribution in [2.24, 2.45) is 5.73 Å². The highest BCUT2D eigenvalue weighted by Crippen LogP contribution is 2.30. The average molecular weight is 956 g/mol. The Labute approximate surface area is 391 Å². The number of nitrogens with one attached hydrogen (secondary N) is 3. The highest BCUT2D eigenvalue weighted by atomic mass is 32.1. The summed E-state index contributed by atoms with van der Waals surface area (Å²) in [4.78, 5) is 85.0. The molecule has 7 aromatic rings. The lowest BCUT2D eigenvalue weighted by molar-refractivity contribution is -0.143. The van der Waals surface area contributed by atoms with E-state index in [1.165, 1.54) is 48.2 Å². The van der Waals surface area contributed by atoms with Gasteiger partial charge in [0, 0.05) is 31.7 Å². The number of benzene rings is 1. The Morgan fingerprint density at radius 2 is 1.06 bits per heavy atom. The number of aromatic nitrogens is 3. The van der Waals surface area contributed by atoms with Gasteiger partial charge in [-0.05, 0) is 98.7 Å². The number of hydrogen-bond acceptors (Lipinski definition) is 16. The highest BCUT2D eigenvalue weighted by molar-refractivity contribution is 7.21. The zero-order valence-electron chi connectivity index (χ0n) is 37.4. The number of fused-ring (bicyclic) bond motifs is 3. The fraction of sp³-hybridized carbons (Fsp3) is 0.283. The largest absolute Gasteiger partial charge is 0.477 e. The molecule has 0 aliphatic rings. The Bertz CT molecular complexity index is 2910. The van der Waals surface area contributed by atoms with E-state index < -0.39 is 36.1 Å². The molecule has 3 amide bonds. The second kappa shape index (κ2) is 22.8. The van der Waals surface area contributed by atoms with Crippen molar-refractivity contribution in [2.45, 2.75) is 60.2 Å². The molecule has 0 unspecified atom stereocenters. The van der Waals surface area contributed by atoms with Gasteiger partial charge >= 0.3 is 24.0 Å². The van der Waals surface area contributed by atoms with Gasteiger partial charge in [0.15, 0.2) is 0 Å². The summed E-state index contributed by atoms with van der Waals surface area (Å²) >= 11 is 3.99. The first-order valence-electron chi connectivity index (χ1n) is 20.2. The predicted molar refractivity (Wildman–Crippen MR) is 254 cm³/mol. The fourth-order valence-electron chi connectivity index (χ4n) is 5.94. The normalized spacial score (nSPS) is 11.6. The van der Waals surface area contributed by atoms with Gasteiger partial charge in [0.05, 0.1) is 54.6 Å². The van der Waals surface area contributed by atoms with Crippen LogP contribution in [-0.4, -0.2) is 95.3 Å². The maximum Gasteiger partial charge on any atom is 0.408 e. The predicted octanol–water partition coefficient (Wildman–Crippen LogP) is 6.87. The van der Waals surface area contributed by atoms with E-state index >= 15 is 0 Å². The third kappa shape index (κ3) is 12.7. The number of carboxylic acid groups (broad SMARTS) is 1. The molecular weight excluding hydrogens is 907 g/mol. The van der Waals surface area contributed by atoms with Crippen LogP contribution in [0.15, 0.2) is 67.1 Å². The quantitative estimate of drug-likeness (QED) is 0.0620. The summed E-state index contributed by atoms with van der Waals surface area (Å²) in [5, 5.41) is 16.5. The first-order valence-corrected chi connectivity index (χ1v) is 22.6. The summed E-state index contributed by atoms with van der Waals surface area (Å²) in [6.07, 6.45) is 4.55. The minimum atomic E-state index is -1.09. The second-order valence-electron chi connectivity index (χ2n) is 14.8. The van der Waals surface area contributed by atoms with Crippen LogP contribution in [0, 0.1) is 41.5 Å². The Kier molecular flexibility index (Phi) is 17.4. The van der Waals surface area contributed by atoms with Crippen molar-refractivity contribution in [3.8, 4) is 0 Å². The number of carbonyl (C=O) groups is 6. The molecule has 0 bridgehead atoms. The van der Waals surface area contributed by atoms with Gasteiger partial charge in [0.2, 0.25) is 0 Å². The van der Waals surface area contributed by atoms with Gasteiger partial charge in [-0.3, -0.25) is 29.3 Å². The molecule has 66 heavy (non-hydrogen) atoms. The van der Waals surface area contributed by atoms with Crippen LogP contribution in [0.4, 0.5) is 4.79 Å². The van der Waals surface area contributed by atoms with Gasteiger partial charge in [-0.2, -0.15) is 0 Å². The van der Waals surface area contributed by atoms with Crippen molar-refractivity contribution in [1.29, 1.82) is 0 Å². The number of methoxy groups -OCH3 is 2. The number of aryl methyl sites for hydroxylation is 6. The van der Waals surface area contributed by atoms with Gasteiger partial charge < -0.3 is 41.0 Å². The Hall–Kier alpha value is -6.87. The molecule has 6 aromatic heterocycles. The maximum absolute atomic E-state index is 12.6. The van der Waals surface area contributed by atoms with Gasteiger partial charge in [-0.15, -0.1) is 34.0 Å². The molecule has 0 saturated carbocycles. The number of alkyl carbamates (subject to hydrolysis) is 1. The van der Waals surface area contributed by atoms with Crippen LogP contribution in [0.2, 0.25) is 0 Å². The average Bonchev–Trinajstić information content (AvgIpc) is 4.09. The van der Waals surface area contributed by atoms with Crippen LogP contribution in [0.25, 0.3) is 30.6 Å². The van der Waals surface area contributed by atoms with E-state index in [0.29, 0.717) is 14.6 Å². The van der Waals surface area contributed by atoms with Crippen LogP contribution < -0.4 is 21.7 Å². The number of rotatable bonds is 12. The molecule has 2 atom stereocenters.